The molecule has 2 rings (SSSR count). The van der Waals surface area contributed by atoms with Crippen LogP contribution in [0.25, 0.3) is 0 Å². The Morgan fingerprint density at radius 1 is 1.32 bits per heavy atom. The van der Waals surface area contributed by atoms with Crippen LogP contribution in [0.2, 0.25) is 0 Å². The van der Waals surface area contributed by atoms with Crippen LogP contribution in [0, 0.1) is 12.8 Å². The lowest BCUT2D eigenvalue weighted by atomic mass is 10.1. The van der Waals surface area contributed by atoms with E-state index in [4.69, 9.17) is 0 Å². The maximum Gasteiger partial charge on any atom is 0.140 e. The van der Waals surface area contributed by atoms with Crippen molar-refractivity contribution in [3.05, 3.63) is 17.6 Å². The van der Waals surface area contributed by atoms with Crippen molar-refractivity contribution < 1.29 is 0 Å². The average Bonchev–Trinajstić information content (AvgIpc) is 2.89. The lowest BCUT2D eigenvalue weighted by Crippen LogP contribution is -2.06. The summed E-state index contributed by atoms with van der Waals surface area (Å²) in [5.41, 5.74) is 1.06. The van der Waals surface area contributed by atoms with Gasteiger partial charge in [0.15, 0.2) is 0 Å². The molecule has 0 spiro atoms. The van der Waals surface area contributed by atoms with Gasteiger partial charge in [0, 0.05) is 18.3 Å². The third-order valence-corrected chi connectivity index (χ3v) is 4.69. The van der Waals surface area contributed by atoms with E-state index in [1.807, 2.05) is 24.8 Å². The first-order chi connectivity index (χ1) is 9.28. The van der Waals surface area contributed by atoms with Gasteiger partial charge >= 0.3 is 0 Å². The molecule has 0 amide bonds. The highest BCUT2D eigenvalue weighted by Gasteiger charge is 2.14. The molecule has 3 nitrogen and oxygen atoms in total. The van der Waals surface area contributed by atoms with Gasteiger partial charge in [0.1, 0.15) is 11.6 Å². The van der Waals surface area contributed by atoms with Crippen molar-refractivity contribution in [1.82, 2.24) is 9.97 Å². The molecule has 0 saturated heterocycles. The third kappa shape index (κ3) is 5.01. The second-order valence-electron chi connectivity index (χ2n) is 5.40. The standard InChI is InChI=1S/C15H25N3S/c1-3-8-16-14-9-12(2)17-15(18-14)11-19-10-13-6-4-5-7-13/h9,13H,3-8,10-11H2,1-2H3,(H,16,17,18). The van der Waals surface area contributed by atoms with Crippen molar-refractivity contribution in [2.24, 2.45) is 5.92 Å². The van der Waals surface area contributed by atoms with E-state index in [1.165, 1.54) is 31.4 Å². The van der Waals surface area contributed by atoms with E-state index in [9.17, 15) is 0 Å². The first-order valence-corrected chi connectivity index (χ1v) is 8.59. The molecular weight excluding hydrogens is 254 g/mol. The van der Waals surface area contributed by atoms with Crippen LogP contribution in [-0.2, 0) is 5.75 Å². The topological polar surface area (TPSA) is 37.8 Å². The second-order valence-corrected chi connectivity index (χ2v) is 6.43. The minimum atomic E-state index is 0.937. The number of hydrogen-bond donors (Lipinski definition) is 1. The molecule has 0 bridgehead atoms. The predicted octanol–water partition coefficient (Wildman–Crippen LogP) is 4.03. The minimum absolute atomic E-state index is 0.937. The van der Waals surface area contributed by atoms with Crippen molar-refractivity contribution in [3.63, 3.8) is 0 Å². The van der Waals surface area contributed by atoms with E-state index in [0.717, 1.165) is 42.0 Å². The fourth-order valence-corrected chi connectivity index (χ4v) is 3.63. The molecule has 1 saturated carbocycles. The number of rotatable bonds is 7. The SMILES string of the molecule is CCCNc1cc(C)nc(CSCC2CCCC2)n1. The van der Waals surface area contributed by atoms with Gasteiger partial charge in [-0.2, -0.15) is 11.8 Å². The Bertz CT molecular complexity index is 389. The summed E-state index contributed by atoms with van der Waals surface area (Å²) >= 11 is 1.99. The largest absolute Gasteiger partial charge is 0.370 e. The van der Waals surface area contributed by atoms with Crippen molar-refractivity contribution in [2.45, 2.75) is 51.7 Å². The van der Waals surface area contributed by atoms with Gasteiger partial charge < -0.3 is 5.32 Å². The van der Waals surface area contributed by atoms with Gasteiger partial charge in [-0.05, 0) is 37.9 Å². The van der Waals surface area contributed by atoms with Crippen molar-refractivity contribution in [2.75, 3.05) is 17.6 Å². The molecule has 1 aliphatic rings. The number of aromatic nitrogens is 2. The van der Waals surface area contributed by atoms with E-state index >= 15 is 0 Å². The highest BCUT2D eigenvalue weighted by molar-refractivity contribution is 7.98. The molecule has 1 N–H and O–H groups in total. The summed E-state index contributed by atoms with van der Waals surface area (Å²) in [6, 6.07) is 2.03. The van der Waals surface area contributed by atoms with Crippen molar-refractivity contribution in [3.8, 4) is 0 Å². The summed E-state index contributed by atoms with van der Waals surface area (Å²) in [6.07, 6.45) is 6.82. The Kier molecular flexibility index (Phi) is 5.95. The van der Waals surface area contributed by atoms with Gasteiger partial charge in [0.2, 0.25) is 0 Å². The number of nitrogens with zero attached hydrogens (tertiary/aromatic N) is 2. The number of aryl methyl sites for hydroxylation is 1. The minimum Gasteiger partial charge on any atom is -0.370 e. The monoisotopic (exact) mass is 279 g/mol. The molecule has 106 valence electrons. The molecule has 19 heavy (non-hydrogen) atoms. The molecule has 1 aromatic rings. The lowest BCUT2D eigenvalue weighted by molar-refractivity contribution is 0.623. The maximum atomic E-state index is 4.59. The third-order valence-electron chi connectivity index (χ3n) is 3.52. The summed E-state index contributed by atoms with van der Waals surface area (Å²) in [5, 5.41) is 3.35. The highest BCUT2D eigenvalue weighted by atomic mass is 32.2. The molecule has 0 atom stereocenters. The number of anilines is 1. The molecule has 4 heteroatoms. The Morgan fingerprint density at radius 3 is 2.84 bits per heavy atom. The molecule has 1 aromatic heterocycles. The first kappa shape index (κ1) is 14.6. The number of thioether (sulfide) groups is 1. The fourth-order valence-electron chi connectivity index (χ4n) is 2.53. The zero-order valence-electron chi connectivity index (χ0n) is 12.1. The Hall–Kier alpha value is -0.770. The van der Waals surface area contributed by atoms with Gasteiger partial charge in [-0.3, -0.25) is 0 Å². The molecular formula is C15H25N3S. The van der Waals surface area contributed by atoms with Crippen LogP contribution in [0.3, 0.4) is 0 Å². The second kappa shape index (κ2) is 7.73. The van der Waals surface area contributed by atoms with E-state index in [2.05, 4.69) is 22.2 Å². The molecule has 1 fully saturated rings. The van der Waals surface area contributed by atoms with Crippen LogP contribution in [0.4, 0.5) is 5.82 Å². The van der Waals surface area contributed by atoms with E-state index in [1.54, 1.807) is 0 Å². The molecule has 0 aliphatic heterocycles. The fraction of sp³-hybridized carbons (Fsp3) is 0.733. The molecule has 1 heterocycles. The molecule has 0 unspecified atom stereocenters. The molecule has 0 radical (unpaired) electrons. The van der Waals surface area contributed by atoms with Crippen LogP contribution in [-0.4, -0.2) is 22.3 Å². The number of nitrogens with one attached hydrogen (secondary N) is 1. The summed E-state index contributed by atoms with van der Waals surface area (Å²) < 4.78 is 0. The smallest absolute Gasteiger partial charge is 0.140 e. The van der Waals surface area contributed by atoms with E-state index in [0.29, 0.717) is 0 Å². The molecule has 1 aliphatic carbocycles. The van der Waals surface area contributed by atoms with Gasteiger partial charge in [0.05, 0.1) is 5.75 Å². The van der Waals surface area contributed by atoms with Gasteiger partial charge in [-0.15, -0.1) is 0 Å². The quantitative estimate of drug-likeness (QED) is 0.817. The first-order valence-electron chi connectivity index (χ1n) is 7.44. The number of hydrogen-bond acceptors (Lipinski definition) is 4. The van der Waals surface area contributed by atoms with E-state index < -0.39 is 0 Å². The maximum absolute atomic E-state index is 4.59. The van der Waals surface area contributed by atoms with Gasteiger partial charge in [-0.1, -0.05) is 19.8 Å². The van der Waals surface area contributed by atoms with Crippen molar-refractivity contribution in [1.29, 1.82) is 0 Å². The highest BCUT2D eigenvalue weighted by Crippen LogP contribution is 2.28. The summed E-state index contributed by atoms with van der Waals surface area (Å²) in [5.74, 6) is 5.11. The summed E-state index contributed by atoms with van der Waals surface area (Å²) in [6.45, 7) is 5.19. The Labute approximate surface area is 121 Å². The van der Waals surface area contributed by atoms with Crippen LogP contribution in [0.1, 0.15) is 50.5 Å². The summed E-state index contributed by atoms with van der Waals surface area (Å²) in [7, 11) is 0. The molecule has 0 aromatic carbocycles. The lowest BCUT2D eigenvalue weighted by Gasteiger charge is -2.09. The van der Waals surface area contributed by atoms with Crippen LogP contribution in [0.5, 0.6) is 0 Å². The summed E-state index contributed by atoms with van der Waals surface area (Å²) in [4.78, 5) is 9.13. The Morgan fingerprint density at radius 2 is 2.11 bits per heavy atom. The average molecular weight is 279 g/mol. The Balaban J connectivity index is 1.82. The van der Waals surface area contributed by atoms with Crippen LogP contribution in [0.15, 0.2) is 6.07 Å². The van der Waals surface area contributed by atoms with Crippen molar-refractivity contribution >= 4 is 17.6 Å². The predicted molar refractivity (Wildman–Crippen MR) is 83.7 cm³/mol. The zero-order valence-corrected chi connectivity index (χ0v) is 12.9. The van der Waals surface area contributed by atoms with Gasteiger partial charge in [0.25, 0.3) is 0 Å². The van der Waals surface area contributed by atoms with Crippen LogP contribution >= 0.6 is 11.8 Å². The van der Waals surface area contributed by atoms with Crippen LogP contribution < -0.4 is 5.32 Å². The normalized spacial score (nSPS) is 15.9. The zero-order chi connectivity index (χ0) is 13.5. The van der Waals surface area contributed by atoms with Gasteiger partial charge in [-0.25, -0.2) is 9.97 Å². The van der Waals surface area contributed by atoms with E-state index in [-0.39, 0.29) is 0 Å².